The first-order valence-electron chi connectivity index (χ1n) is 10.1. The molecule has 0 spiro atoms. The summed E-state index contributed by atoms with van der Waals surface area (Å²) in [6, 6.07) is 2.43. The predicted molar refractivity (Wildman–Crippen MR) is 126 cm³/mol. The summed E-state index contributed by atoms with van der Waals surface area (Å²) in [5.41, 5.74) is 3.96. The molecule has 0 saturated carbocycles. The number of nitrogens with zero attached hydrogens (tertiary/aromatic N) is 4. The molecule has 5 N–H and O–H groups in total. The Bertz CT molecular complexity index is 1430. The van der Waals surface area contributed by atoms with E-state index in [4.69, 9.17) is 17.3 Å². The summed E-state index contributed by atoms with van der Waals surface area (Å²) < 4.78 is 39.2. The number of nitrogens with two attached hydrogens (primary N) is 1. The second-order valence-electron chi connectivity index (χ2n) is 7.33. The van der Waals surface area contributed by atoms with Crippen LogP contribution in [0.2, 0.25) is 5.02 Å². The first-order valence-corrected chi connectivity index (χ1v) is 11.3. The highest BCUT2D eigenvalue weighted by Gasteiger charge is 2.33. The second kappa shape index (κ2) is 9.91. The topological polar surface area (TPSA) is 152 Å². The monoisotopic (exact) mass is 536 g/mol. The van der Waals surface area contributed by atoms with Crippen LogP contribution in [0.25, 0.3) is 11.5 Å². The molecule has 0 aliphatic heterocycles. The smallest absolute Gasteiger partial charge is 0.398 e. The third kappa shape index (κ3) is 5.28. The molecule has 15 heteroatoms. The number of nitrogens with one attached hydrogen (secondary N) is 3. The van der Waals surface area contributed by atoms with Gasteiger partial charge in [0.25, 0.3) is 11.8 Å². The van der Waals surface area contributed by atoms with Gasteiger partial charge in [0.2, 0.25) is 0 Å². The Morgan fingerprint density at radius 2 is 1.94 bits per heavy atom. The highest BCUT2D eigenvalue weighted by molar-refractivity contribution is 7.13. The van der Waals surface area contributed by atoms with Crippen LogP contribution in [-0.2, 0) is 6.18 Å². The maximum Gasteiger partial charge on any atom is 0.418 e. The molecule has 36 heavy (non-hydrogen) atoms. The molecule has 10 nitrogen and oxygen atoms in total. The van der Waals surface area contributed by atoms with Gasteiger partial charge < -0.3 is 21.4 Å². The van der Waals surface area contributed by atoms with Gasteiger partial charge in [0.05, 0.1) is 17.8 Å². The number of thiazole rings is 1. The van der Waals surface area contributed by atoms with Crippen molar-refractivity contribution >= 4 is 46.1 Å². The van der Waals surface area contributed by atoms with Crippen molar-refractivity contribution in [3.63, 3.8) is 0 Å². The van der Waals surface area contributed by atoms with Crippen molar-refractivity contribution in [1.82, 2.24) is 30.2 Å². The lowest BCUT2D eigenvalue weighted by atomic mass is 10.1. The number of aromatic nitrogens is 5. The van der Waals surface area contributed by atoms with Crippen LogP contribution in [-0.4, -0.2) is 36.7 Å². The minimum absolute atomic E-state index is 0.00178. The highest BCUT2D eigenvalue weighted by Crippen LogP contribution is 2.35. The molecule has 0 bridgehead atoms. The van der Waals surface area contributed by atoms with Gasteiger partial charge in [0.1, 0.15) is 26.9 Å². The van der Waals surface area contributed by atoms with Crippen LogP contribution in [0, 0.1) is 0 Å². The van der Waals surface area contributed by atoms with Crippen molar-refractivity contribution in [3.05, 3.63) is 69.3 Å². The van der Waals surface area contributed by atoms with E-state index in [9.17, 15) is 22.8 Å². The van der Waals surface area contributed by atoms with Gasteiger partial charge in [-0.15, -0.1) is 11.3 Å². The molecule has 4 aromatic rings. The van der Waals surface area contributed by atoms with E-state index in [0.717, 1.165) is 23.5 Å². The first kappa shape index (κ1) is 25.1. The largest absolute Gasteiger partial charge is 0.418 e. The van der Waals surface area contributed by atoms with Crippen LogP contribution < -0.4 is 16.4 Å². The predicted octanol–water partition coefficient (Wildman–Crippen LogP) is 4.32. The average molecular weight is 537 g/mol. The fourth-order valence-electron chi connectivity index (χ4n) is 3.08. The van der Waals surface area contributed by atoms with Crippen molar-refractivity contribution in [2.75, 3.05) is 11.1 Å². The van der Waals surface area contributed by atoms with Gasteiger partial charge in [-0.05, 0) is 25.1 Å². The van der Waals surface area contributed by atoms with Crippen LogP contribution in [0.3, 0.4) is 0 Å². The number of carbonyl (C=O) groups excluding carboxylic acids is 2. The van der Waals surface area contributed by atoms with E-state index in [-0.39, 0.29) is 27.0 Å². The number of H-pyrrole nitrogens is 1. The number of benzene rings is 1. The van der Waals surface area contributed by atoms with Crippen LogP contribution in [0.5, 0.6) is 0 Å². The number of rotatable bonds is 6. The molecule has 3 heterocycles. The van der Waals surface area contributed by atoms with Gasteiger partial charge in [-0.2, -0.15) is 13.2 Å². The summed E-state index contributed by atoms with van der Waals surface area (Å²) in [6.07, 6.45) is 0.854. The number of halogens is 4. The van der Waals surface area contributed by atoms with Crippen molar-refractivity contribution in [3.8, 4) is 11.5 Å². The summed E-state index contributed by atoms with van der Waals surface area (Å²) in [7, 11) is 0. The van der Waals surface area contributed by atoms with Gasteiger partial charge >= 0.3 is 6.18 Å². The number of hydrogen-bond donors (Lipinski definition) is 4. The molecule has 1 aromatic carbocycles. The van der Waals surface area contributed by atoms with E-state index in [0.29, 0.717) is 10.8 Å². The van der Waals surface area contributed by atoms with E-state index < -0.39 is 35.3 Å². The standard InChI is InChI=1S/C21H16ClF3N8O2S/c1-9(32-19(35)16-14(22)15(30-8-31-16)17-27-4-5-28-17)20-29-7-13(36-20)18(34)33-10-2-3-12(26)11(6-10)21(23,24)25/h2-9H,26H2,1H3,(H,27,28)(H,32,35)(H,33,34). The summed E-state index contributed by atoms with van der Waals surface area (Å²) in [4.78, 5) is 44.5. The third-order valence-electron chi connectivity index (χ3n) is 4.81. The molecule has 3 aromatic heterocycles. The highest BCUT2D eigenvalue weighted by atomic mass is 35.5. The number of nitrogen functional groups attached to an aromatic ring is 1. The lowest BCUT2D eigenvalue weighted by Gasteiger charge is -2.12. The van der Waals surface area contributed by atoms with Crippen LogP contribution >= 0.6 is 22.9 Å². The minimum atomic E-state index is -4.67. The lowest BCUT2D eigenvalue weighted by molar-refractivity contribution is -0.136. The Hall–Kier alpha value is -4.04. The Labute approximate surface area is 210 Å². The summed E-state index contributed by atoms with van der Waals surface area (Å²) in [5, 5.41) is 5.45. The molecule has 0 saturated heterocycles. The fourth-order valence-corrected chi connectivity index (χ4v) is 4.17. The molecule has 1 atom stereocenters. The molecule has 0 radical (unpaired) electrons. The van der Waals surface area contributed by atoms with Gasteiger partial charge in [0.15, 0.2) is 11.5 Å². The molecule has 1 unspecified atom stereocenters. The zero-order chi connectivity index (χ0) is 26.0. The summed E-state index contributed by atoms with van der Waals surface area (Å²) in [6.45, 7) is 1.64. The third-order valence-corrected chi connectivity index (χ3v) is 6.35. The van der Waals surface area contributed by atoms with Crippen LogP contribution in [0.4, 0.5) is 24.5 Å². The molecular formula is C21H16ClF3N8O2S. The normalized spacial score (nSPS) is 12.2. The number of hydrogen-bond acceptors (Lipinski definition) is 8. The maximum atomic E-state index is 13.1. The summed E-state index contributed by atoms with van der Waals surface area (Å²) >= 11 is 7.26. The van der Waals surface area contributed by atoms with Gasteiger partial charge in [-0.1, -0.05) is 11.6 Å². The minimum Gasteiger partial charge on any atom is -0.398 e. The van der Waals surface area contributed by atoms with Crippen molar-refractivity contribution in [1.29, 1.82) is 0 Å². The number of aromatic amines is 1. The van der Waals surface area contributed by atoms with Gasteiger partial charge in [-0.3, -0.25) is 9.59 Å². The number of anilines is 2. The average Bonchev–Trinajstić information content (AvgIpc) is 3.52. The molecular weight excluding hydrogens is 521 g/mol. The molecule has 4 rings (SSSR count). The number of imidazole rings is 1. The van der Waals surface area contributed by atoms with E-state index in [1.807, 2.05) is 0 Å². The zero-order valence-electron chi connectivity index (χ0n) is 18.2. The Kier molecular flexibility index (Phi) is 6.90. The molecule has 186 valence electrons. The number of amides is 2. The fraction of sp³-hybridized carbons (Fsp3) is 0.143. The van der Waals surface area contributed by atoms with Crippen molar-refractivity contribution < 1.29 is 22.8 Å². The van der Waals surface area contributed by atoms with Crippen LogP contribution in [0.1, 0.15) is 43.7 Å². The van der Waals surface area contributed by atoms with E-state index in [1.54, 1.807) is 13.1 Å². The molecule has 0 aliphatic carbocycles. The first-order chi connectivity index (χ1) is 17.0. The number of alkyl halides is 3. The van der Waals surface area contributed by atoms with E-state index in [1.165, 1.54) is 24.8 Å². The SMILES string of the molecule is CC(NC(=O)c1ncnc(-c2ncc[nH]2)c1Cl)c1ncc(C(=O)Nc2ccc(N)c(C(F)(F)F)c2)s1. The molecule has 0 fully saturated rings. The number of carbonyl (C=O) groups is 2. The second-order valence-corrected chi connectivity index (χ2v) is 8.77. The van der Waals surface area contributed by atoms with Crippen LogP contribution in [0.15, 0.2) is 43.1 Å². The zero-order valence-corrected chi connectivity index (χ0v) is 19.8. The van der Waals surface area contributed by atoms with Crippen molar-refractivity contribution in [2.45, 2.75) is 19.1 Å². The molecule has 0 aliphatic rings. The Morgan fingerprint density at radius 3 is 2.64 bits per heavy atom. The van der Waals surface area contributed by atoms with E-state index >= 15 is 0 Å². The van der Waals surface area contributed by atoms with E-state index in [2.05, 4.69) is 35.6 Å². The lowest BCUT2D eigenvalue weighted by Crippen LogP contribution is -2.28. The summed E-state index contributed by atoms with van der Waals surface area (Å²) in [5.74, 6) is -0.911. The van der Waals surface area contributed by atoms with Gasteiger partial charge in [0, 0.05) is 23.8 Å². The molecule has 2 amide bonds. The van der Waals surface area contributed by atoms with Crippen molar-refractivity contribution in [2.24, 2.45) is 0 Å². The maximum absolute atomic E-state index is 13.1. The quantitative estimate of drug-likeness (QED) is 0.268. The Morgan fingerprint density at radius 1 is 1.17 bits per heavy atom. The Balaban J connectivity index is 1.45. The van der Waals surface area contributed by atoms with Gasteiger partial charge in [-0.25, -0.2) is 19.9 Å².